The first-order valence-electron chi connectivity index (χ1n) is 6.93. The van der Waals surface area contributed by atoms with E-state index in [9.17, 15) is 0 Å². The number of oxime groups is 1. The first kappa shape index (κ1) is 17.7. The van der Waals surface area contributed by atoms with Crippen LogP contribution in [0.4, 0.5) is 5.69 Å². The summed E-state index contributed by atoms with van der Waals surface area (Å²) >= 11 is 1.58. The largest absolute Gasteiger partial charge is 0.409 e. The van der Waals surface area contributed by atoms with Gasteiger partial charge in [0.05, 0.1) is 12.2 Å². The normalized spacial score (nSPS) is 12.0. The van der Waals surface area contributed by atoms with Gasteiger partial charge in [0.2, 0.25) is 0 Å². The Hall–Kier alpha value is -1.40. The molecule has 1 aromatic carbocycles. The molecule has 0 aromatic heterocycles. The van der Waals surface area contributed by atoms with Gasteiger partial charge in [-0.1, -0.05) is 25.1 Å². The zero-order chi connectivity index (χ0) is 15.8. The van der Waals surface area contributed by atoms with Crippen molar-refractivity contribution in [3.63, 3.8) is 0 Å². The van der Waals surface area contributed by atoms with Crippen LogP contribution in [-0.4, -0.2) is 44.1 Å². The van der Waals surface area contributed by atoms with Crippen molar-refractivity contribution >= 4 is 23.3 Å². The van der Waals surface area contributed by atoms with Gasteiger partial charge in [-0.15, -0.1) is 11.8 Å². The smallest absolute Gasteiger partial charge is 0.173 e. The van der Waals surface area contributed by atoms with Crippen molar-refractivity contribution in [2.45, 2.75) is 18.7 Å². The molecule has 118 valence electrons. The molecule has 6 heteroatoms. The molecule has 21 heavy (non-hydrogen) atoms. The van der Waals surface area contributed by atoms with E-state index in [1.54, 1.807) is 18.9 Å². The number of nitrogens with two attached hydrogens (primary N) is 1. The molecule has 0 unspecified atom stereocenters. The lowest BCUT2D eigenvalue weighted by Crippen LogP contribution is -2.33. The minimum atomic E-state index is 0.140. The first-order chi connectivity index (χ1) is 10.0. The fraction of sp³-hybridized carbons (Fsp3) is 0.533. The van der Waals surface area contributed by atoms with Crippen LogP contribution in [0, 0.1) is 5.92 Å². The number of thioether (sulfide) groups is 1. The van der Waals surface area contributed by atoms with Crippen LogP contribution in [0.15, 0.2) is 28.3 Å². The monoisotopic (exact) mass is 311 g/mol. The molecule has 0 atom stereocenters. The fourth-order valence-corrected chi connectivity index (χ4v) is 2.84. The summed E-state index contributed by atoms with van der Waals surface area (Å²) in [5.74, 6) is 0.640. The van der Waals surface area contributed by atoms with E-state index in [-0.39, 0.29) is 5.84 Å². The van der Waals surface area contributed by atoms with Crippen LogP contribution < -0.4 is 10.6 Å². The Morgan fingerprint density at radius 1 is 1.48 bits per heavy atom. The highest BCUT2D eigenvalue weighted by molar-refractivity contribution is 7.98. The second-order valence-electron chi connectivity index (χ2n) is 5.17. The summed E-state index contributed by atoms with van der Waals surface area (Å²) in [5.41, 5.74) is 7.65. The highest BCUT2D eigenvalue weighted by Gasteiger charge is 2.18. The number of amidine groups is 1. The van der Waals surface area contributed by atoms with Gasteiger partial charge in [0.1, 0.15) is 0 Å². The molecule has 0 fully saturated rings. The van der Waals surface area contributed by atoms with Gasteiger partial charge in [-0.2, -0.15) is 0 Å². The van der Waals surface area contributed by atoms with Crippen LogP contribution in [0.25, 0.3) is 0 Å². The van der Waals surface area contributed by atoms with Crippen molar-refractivity contribution in [1.29, 1.82) is 0 Å². The molecule has 0 aliphatic rings. The number of nitrogens with zero attached hydrogens (tertiary/aromatic N) is 2. The maximum absolute atomic E-state index is 9.08. The minimum Gasteiger partial charge on any atom is -0.409 e. The number of ether oxygens (including phenoxy) is 1. The summed E-state index contributed by atoms with van der Waals surface area (Å²) in [6, 6.07) is 5.98. The van der Waals surface area contributed by atoms with Crippen LogP contribution in [0.1, 0.15) is 19.4 Å². The average Bonchev–Trinajstić information content (AvgIpc) is 2.49. The maximum atomic E-state index is 9.08. The van der Waals surface area contributed by atoms with E-state index in [1.807, 2.05) is 24.5 Å². The minimum absolute atomic E-state index is 0.140. The van der Waals surface area contributed by atoms with E-state index in [2.05, 4.69) is 23.9 Å². The topological polar surface area (TPSA) is 71.1 Å². The van der Waals surface area contributed by atoms with Crippen LogP contribution in [0.2, 0.25) is 0 Å². The van der Waals surface area contributed by atoms with Gasteiger partial charge in [-0.25, -0.2) is 0 Å². The molecule has 0 radical (unpaired) electrons. The lowest BCUT2D eigenvalue weighted by molar-refractivity contribution is 0.204. The number of benzene rings is 1. The predicted molar refractivity (Wildman–Crippen MR) is 89.7 cm³/mol. The molecule has 0 bridgehead atoms. The molecular formula is C15H25N3O2S. The Morgan fingerprint density at radius 2 is 2.19 bits per heavy atom. The van der Waals surface area contributed by atoms with E-state index < -0.39 is 0 Å². The van der Waals surface area contributed by atoms with Crippen LogP contribution in [0.3, 0.4) is 0 Å². The Morgan fingerprint density at radius 3 is 2.71 bits per heavy atom. The van der Waals surface area contributed by atoms with Crippen molar-refractivity contribution < 1.29 is 9.94 Å². The SMILES string of the molecule is COCCN(CC(C)C)c1cccc(SC)c1/C(N)=N/O. The zero-order valence-corrected chi connectivity index (χ0v) is 14.0. The first-order valence-corrected chi connectivity index (χ1v) is 8.16. The molecule has 1 aromatic rings. The van der Waals surface area contributed by atoms with Gasteiger partial charge in [0.25, 0.3) is 0 Å². The van der Waals surface area contributed by atoms with Crippen LogP contribution in [0.5, 0.6) is 0 Å². The molecule has 1 rings (SSSR count). The number of hydrogen-bond acceptors (Lipinski definition) is 5. The molecule has 0 saturated heterocycles. The second kappa shape index (κ2) is 8.79. The Labute approximate surface area is 131 Å². The fourth-order valence-electron chi connectivity index (χ4n) is 2.21. The molecule has 5 nitrogen and oxygen atoms in total. The van der Waals surface area contributed by atoms with E-state index in [4.69, 9.17) is 15.7 Å². The zero-order valence-electron chi connectivity index (χ0n) is 13.2. The number of hydrogen-bond donors (Lipinski definition) is 2. The van der Waals surface area contributed by atoms with Crippen molar-refractivity contribution in [3.05, 3.63) is 23.8 Å². The highest BCUT2D eigenvalue weighted by Crippen LogP contribution is 2.30. The Bertz CT molecular complexity index is 478. The van der Waals surface area contributed by atoms with E-state index >= 15 is 0 Å². The van der Waals surface area contributed by atoms with Crippen molar-refractivity contribution in [2.24, 2.45) is 16.8 Å². The number of anilines is 1. The molecule has 0 spiro atoms. The summed E-state index contributed by atoms with van der Waals surface area (Å²) < 4.78 is 5.20. The lowest BCUT2D eigenvalue weighted by Gasteiger charge is -2.29. The van der Waals surface area contributed by atoms with Gasteiger partial charge >= 0.3 is 0 Å². The third-order valence-corrected chi connectivity index (χ3v) is 3.86. The molecular weight excluding hydrogens is 286 g/mol. The summed E-state index contributed by atoms with van der Waals surface area (Å²) in [7, 11) is 1.69. The Kier molecular flexibility index (Phi) is 7.39. The van der Waals surface area contributed by atoms with Crippen LogP contribution >= 0.6 is 11.8 Å². The van der Waals surface area contributed by atoms with Crippen LogP contribution in [-0.2, 0) is 4.74 Å². The maximum Gasteiger partial charge on any atom is 0.173 e. The predicted octanol–water partition coefficient (Wildman–Crippen LogP) is 2.61. The average molecular weight is 311 g/mol. The van der Waals surface area contributed by atoms with Gasteiger partial charge in [0.15, 0.2) is 5.84 Å². The summed E-state index contributed by atoms with van der Waals surface area (Å²) in [4.78, 5) is 3.22. The standard InChI is InChI=1S/C15H25N3O2S/c1-11(2)10-18(8-9-20-3)12-6-5-7-13(21-4)14(12)15(16)17-19/h5-7,11,19H,8-10H2,1-4H3,(H2,16,17). The Balaban J connectivity index is 3.28. The molecule has 0 heterocycles. The van der Waals surface area contributed by atoms with E-state index in [0.717, 1.165) is 29.2 Å². The molecule has 0 amide bonds. The summed E-state index contributed by atoms with van der Waals surface area (Å²) in [6.07, 6.45) is 1.98. The molecule has 0 aliphatic carbocycles. The van der Waals surface area contributed by atoms with Crippen molar-refractivity contribution in [3.8, 4) is 0 Å². The van der Waals surface area contributed by atoms with Gasteiger partial charge in [0, 0.05) is 30.8 Å². The lowest BCUT2D eigenvalue weighted by atomic mass is 10.1. The van der Waals surface area contributed by atoms with Gasteiger partial charge in [-0.05, 0) is 24.3 Å². The van der Waals surface area contributed by atoms with Gasteiger partial charge < -0.3 is 20.6 Å². The summed E-state index contributed by atoms with van der Waals surface area (Å²) in [5, 5.41) is 12.3. The third kappa shape index (κ3) is 4.82. The molecule has 3 N–H and O–H groups in total. The quantitative estimate of drug-likeness (QED) is 0.254. The second-order valence-corrected chi connectivity index (χ2v) is 6.02. The molecule has 0 saturated carbocycles. The van der Waals surface area contributed by atoms with Crippen molar-refractivity contribution in [2.75, 3.05) is 38.0 Å². The third-order valence-electron chi connectivity index (χ3n) is 3.08. The van der Waals surface area contributed by atoms with E-state index in [1.165, 1.54) is 0 Å². The summed E-state index contributed by atoms with van der Waals surface area (Å²) in [6.45, 7) is 6.61. The number of rotatable bonds is 8. The number of methoxy groups -OCH3 is 1. The van der Waals surface area contributed by atoms with Gasteiger partial charge in [-0.3, -0.25) is 0 Å². The highest BCUT2D eigenvalue weighted by atomic mass is 32.2. The molecule has 0 aliphatic heterocycles. The van der Waals surface area contributed by atoms with E-state index in [0.29, 0.717) is 12.5 Å². The van der Waals surface area contributed by atoms with Crippen molar-refractivity contribution in [1.82, 2.24) is 0 Å².